The average Bonchev–Trinajstić information content (AvgIpc) is 2.70. The number of likely N-dealkylation sites (N-methyl/N-ethyl adjacent to an activating group) is 1. The van der Waals surface area contributed by atoms with Crippen LogP contribution in [0.25, 0.3) is 11.1 Å². The lowest BCUT2D eigenvalue weighted by Gasteiger charge is -2.39. The standard InChI is InChI=1S/C21H22FN3O2/c1-24-9-10-25(14-19(24)8-11-26)21(27)16-4-2-15(3-5-16)17-6-7-20(22)18(12-17)13-23/h2-7,12,19,26H,8-11,14H2,1H3. The van der Waals surface area contributed by atoms with E-state index in [0.29, 0.717) is 25.1 Å². The number of halogens is 1. The Morgan fingerprint density at radius 2 is 1.93 bits per heavy atom. The van der Waals surface area contributed by atoms with E-state index in [0.717, 1.165) is 17.7 Å². The maximum absolute atomic E-state index is 13.5. The molecule has 5 nitrogen and oxygen atoms in total. The number of benzene rings is 2. The van der Waals surface area contributed by atoms with Crippen molar-refractivity contribution >= 4 is 5.91 Å². The van der Waals surface area contributed by atoms with Gasteiger partial charge in [0.15, 0.2) is 0 Å². The molecule has 1 amide bonds. The van der Waals surface area contributed by atoms with E-state index in [-0.39, 0.29) is 24.1 Å². The third-order valence-electron chi connectivity index (χ3n) is 5.08. The molecule has 0 aliphatic carbocycles. The SMILES string of the molecule is CN1CCN(C(=O)c2ccc(-c3ccc(F)c(C#N)c3)cc2)CC1CCO. The second kappa shape index (κ2) is 8.30. The summed E-state index contributed by atoms with van der Waals surface area (Å²) in [6.07, 6.45) is 0.644. The Labute approximate surface area is 158 Å². The second-order valence-electron chi connectivity index (χ2n) is 6.78. The van der Waals surface area contributed by atoms with Gasteiger partial charge in [-0.05, 0) is 48.9 Å². The van der Waals surface area contributed by atoms with Crippen molar-refractivity contribution in [3.63, 3.8) is 0 Å². The average molecular weight is 367 g/mol. The highest BCUT2D eigenvalue weighted by molar-refractivity contribution is 5.94. The predicted octanol–water partition coefficient (Wildman–Crippen LogP) is 2.50. The number of piperazine rings is 1. The fraction of sp³-hybridized carbons (Fsp3) is 0.333. The molecule has 1 atom stereocenters. The monoisotopic (exact) mass is 367 g/mol. The van der Waals surface area contributed by atoms with Crippen molar-refractivity contribution in [1.29, 1.82) is 5.26 Å². The van der Waals surface area contributed by atoms with Gasteiger partial charge >= 0.3 is 0 Å². The summed E-state index contributed by atoms with van der Waals surface area (Å²) in [5.41, 5.74) is 2.14. The first-order valence-electron chi connectivity index (χ1n) is 8.94. The summed E-state index contributed by atoms with van der Waals surface area (Å²) in [6, 6.07) is 13.5. The molecule has 140 valence electrons. The summed E-state index contributed by atoms with van der Waals surface area (Å²) < 4.78 is 13.5. The molecule has 0 radical (unpaired) electrons. The van der Waals surface area contributed by atoms with E-state index in [2.05, 4.69) is 4.90 Å². The van der Waals surface area contributed by atoms with Gasteiger partial charge in [-0.15, -0.1) is 0 Å². The van der Waals surface area contributed by atoms with Gasteiger partial charge in [-0.1, -0.05) is 18.2 Å². The zero-order valence-electron chi connectivity index (χ0n) is 15.2. The van der Waals surface area contributed by atoms with Crippen molar-refractivity contribution in [2.45, 2.75) is 12.5 Å². The van der Waals surface area contributed by atoms with Gasteiger partial charge in [0.1, 0.15) is 11.9 Å². The lowest BCUT2D eigenvalue weighted by atomic mass is 10.0. The topological polar surface area (TPSA) is 67.6 Å². The van der Waals surface area contributed by atoms with E-state index in [1.54, 1.807) is 18.2 Å². The first kappa shape index (κ1) is 19.0. The Bertz CT molecular complexity index is 861. The van der Waals surface area contributed by atoms with Gasteiger partial charge < -0.3 is 10.0 Å². The minimum Gasteiger partial charge on any atom is -0.396 e. The highest BCUT2D eigenvalue weighted by atomic mass is 19.1. The number of carbonyl (C=O) groups is 1. The molecule has 1 heterocycles. The molecule has 0 saturated carbocycles. The van der Waals surface area contributed by atoms with Crippen molar-refractivity contribution in [3.8, 4) is 17.2 Å². The fourth-order valence-corrected chi connectivity index (χ4v) is 3.37. The molecule has 1 saturated heterocycles. The molecule has 0 aromatic heterocycles. The van der Waals surface area contributed by atoms with Crippen LogP contribution in [0.4, 0.5) is 4.39 Å². The number of amides is 1. The fourth-order valence-electron chi connectivity index (χ4n) is 3.37. The van der Waals surface area contributed by atoms with Gasteiger partial charge in [0.25, 0.3) is 5.91 Å². The zero-order chi connectivity index (χ0) is 19.4. The Hall–Kier alpha value is -2.75. The number of hydrogen-bond acceptors (Lipinski definition) is 4. The van der Waals surface area contributed by atoms with Crippen molar-refractivity contribution < 1.29 is 14.3 Å². The number of carbonyl (C=O) groups excluding carboxylic acids is 1. The maximum Gasteiger partial charge on any atom is 0.253 e. The van der Waals surface area contributed by atoms with Gasteiger partial charge in [0.2, 0.25) is 0 Å². The largest absolute Gasteiger partial charge is 0.396 e. The highest BCUT2D eigenvalue weighted by Crippen LogP contribution is 2.23. The van der Waals surface area contributed by atoms with E-state index in [9.17, 15) is 14.3 Å². The summed E-state index contributed by atoms with van der Waals surface area (Å²) in [5.74, 6) is -0.574. The molecule has 1 aliphatic rings. The number of nitrogens with zero attached hydrogens (tertiary/aromatic N) is 3. The van der Waals surface area contributed by atoms with Gasteiger partial charge in [-0.2, -0.15) is 5.26 Å². The molecule has 0 bridgehead atoms. The van der Waals surface area contributed by atoms with Crippen LogP contribution in [0.3, 0.4) is 0 Å². The highest BCUT2D eigenvalue weighted by Gasteiger charge is 2.27. The van der Waals surface area contributed by atoms with E-state index < -0.39 is 5.82 Å². The van der Waals surface area contributed by atoms with E-state index in [1.807, 2.05) is 30.1 Å². The first-order chi connectivity index (χ1) is 13.0. The van der Waals surface area contributed by atoms with E-state index in [1.165, 1.54) is 12.1 Å². The maximum atomic E-state index is 13.5. The molecule has 1 aliphatic heterocycles. The molecule has 2 aromatic carbocycles. The van der Waals surface area contributed by atoms with Crippen molar-refractivity contribution in [3.05, 3.63) is 59.4 Å². The predicted molar refractivity (Wildman–Crippen MR) is 101 cm³/mol. The Morgan fingerprint density at radius 1 is 1.22 bits per heavy atom. The van der Waals surface area contributed by atoms with Crippen LogP contribution >= 0.6 is 0 Å². The van der Waals surface area contributed by atoms with Crippen LogP contribution < -0.4 is 0 Å². The number of rotatable bonds is 4. The van der Waals surface area contributed by atoms with Gasteiger partial charge in [-0.25, -0.2) is 4.39 Å². The lowest BCUT2D eigenvalue weighted by Crippen LogP contribution is -2.53. The normalized spacial score (nSPS) is 17.6. The second-order valence-corrected chi connectivity index (χ2v) is 6.78. The summed E-state index contributed by atoms with van der Waals surface area (Å²) in [5, 5.41) is 18.2. The van der Waals surface area contributed by atoms with Gasteiger partial charge in [0.05, 0.1) is 5.56 Å². The van der Waals surface area contributed by atoms with Crippen LogP contribution in [0.1, 0.15) is 22.3 Å². The number of aliphatic hydroxyl groups excluding tert-OH is 1. The van der Waals surface area contributed by atoms with Gasteiger partial charge in [0, 0.05) is 37.8 Å². The number of aliphatic hydroxyl groups is 1. The molecule has 3 rings (SSSR count). The molecule has 27 heavy (non-hydrogen) atoms. The van der Waals surface area contributed by atoms with Crippen LogP contribution in [-0.2, 0) is 0 Å². The van der Waals surface area contributed by atoms with Crippen molar-refractivity contribution in [2.24, 2.45) is 0 Å². The van der Waals surface area contributed by atoms with Crippen molar-refractivity contribution in [1.82, 2.24) is 9.80 Å². The van der Waals surface area contributed by atoms with Crippen LogP contribution in [0.15, 0.2) is 42.5 Å². The molecular formula is C21H22FN3O2. The minimum atomic E-state index is -0.541. The third kappa shape index (κ3) is 4.16. The minimum absolute atomic E-state index is 0.0000135. The van der Waals surface area contributed by atoms with Crippen LogP contribution in [-0.4, -0.2) is 60.1 Å². The molecule has 1 unspecified atom stereocenters. The van der Waals surface area contributed by atoms with E-state index >= 15 is 0 Å². The number of hydrogen-bond donors (Lipinski definition) is 1. The third-order valence-corrected chi connectivity index (χ3v) is 5.08. The molecule has 0 spiro atoms. The Kier molecular flexibility index (Phi) is 5.84. The smallest absolute Gasteiger partial charge is 0.253 e. The summed E-state index contributed by atoms with van der Waals surface area (Å²) >= 11 is 0. The summed E-state index contributed by atoms with van der Waals surface area (Å²) in [6.45, 7) is 2.14. The molecule has 6 heteroatoms. The Morgan fingerprint density at radius 3 is 2.59 bits per heavy atom. The van der Waals surface area contributed by atoms with Crippen LogP contribution in [0, 0.1) is 17.1 Å². The summed E-state index contributed by atoms with van der Waals surface area (Å²) in [4.78, 5) is 16.8. The molecular weight excluding hydrogens is 345 g/mol. The number of nitriles is 1. The van der Waals surface area contributed by atoms with Crippen LogP contribution in [0.5, 0.6) is 0 Å². The van der Waals surface area contributed by atoms with E-state index in [4.69, 9.17) is 5.26 Å². The molecule has 1 N–H and O–H groups in total. The van der Waals surface area contributed by atoms with Crippen LogP contribution in [0.2, 0.25) is 0 Å². The zero-order valence-corrected chi connectivity index (χ0v) is 15.2. The van der Waals surface area contributed by atoms with Crippen molar-refractivity contribution in [2.75, 3.05) is 33.3 Å². The quantitative estimate of drug-likeness (QED) is 0.902. The summed E-state index contributed by atoms with van der Waals surface area (Å²) in [7, 11) is 2.01. The molecule has 2 aromatic rings. The molecule has 1 fully saturated rings. The Balaban J connectivity index is 1.75. The lowest BCUT2D eigenvalue weighted by molar-refractivity contribution is 0.0500. The first-order valence-corrected chi connectivity index (χ1v) is 8.94. The van der Waals surface area contributed by atoms with Gasteiger partial charge in [-0.3, -0.25) is 9.69 Å².